The number of nitrogens with zero attached hydrogens (tertiary/aromatic N) is 1. The van der Waals surface area contributed by atoms with Gasteiger partial charge < -0.3 is 5.73 Å². The van der Waals surface area contributed by atoms with E-state index in [0.717, 1.165) is 43.6 Å². The van der Waals surface area contributed by atoms with Crippen molar-refractivity contribution in [3.8, 4) is 0 Å². The molecule has 1 fully saturated rings. The molecular weight excluding hydrogens is 293 g/mol. The highest BCUT2D eigenvalue weighted by atomic mass is 19.4. The predicted octanol–water partition coefficient (Wildman–Crippen LogP) is 3.35. The quantitative estimate of drug-likeness (QED) is 0.926. The van der Waals surface area contributed by atoms with Gasteiger partial charge in [0, 0.05) is 12.5 Å². The van der Waals surface area contributed by atoms with Crippen molar-refractivity contribution in [2.45, 2.75) is 38.4 Å². The van der Waals surface area contributed by atoms with Crippen molar-refractivity contribution in [3.05, 3.63) is 35.4 Å². The van der Waals surface area contributed by atoms with Gasteiger partial charge in [-0.3, -0.25) is 9.69 Å². The van der Waals surface area contributed by atoms with Crippen LogP contribution in [-0.4, -0.2) is 23.9 Å². The molecule has 1 aromatic rings. The molecule has 0 radical (unpaired) electrons. The maximum Gasteiger partial charge on any atom is 0.416 e. The van der Waals surface area contributed by atoms with Crippen molar-refractivity contribution in [2.24, 2.45) is 11.7 Å². The molecule has 1 aliphatic heterocycles. The summed E-state index contributed by atoms with van der Waals surface area (Å²) in [5, 5.41) is 0. The second-order valence-electron chi connectivity index (χ2n) is 5.95. The smallest absolute Gasteiger partial charge is 0.370 e. The first-order valence-corrected chi connectivity index (χ1v) is 7.47. The van der Waals surface area contributed by atoms with Gasteiger partial charge in [0.1, 0.15) is 0 Å². The topological polar surface area (TPSA) is 46.3 Å². The Kier molecular flexibility index (Phi) is 5.11. The van der Waals surface area contributed by atoms with E-state index in [-0.39, 0.29) is 11.9 Å². The van der Waals surface area contributed by atoms with Crippen molar-refractivity contribution >= 4 is 5.91 Å². The van der Waals surface area contributed by atoms with Crippen LogP contribution in [0.1, 0.15) is 43.4 Å². The van der Waals surface area contributed by atoms with Crippen LogP contribution in [0.25, 0.3) is 0 Å². The fraction of sp³-hybridized carbons (Fsp3) is 0.562. The Bertz CT molecular complexity index is 505. The van der Waals surface area contributed by atoms with Crippen molar-refractivity contribution in [1.82, 2.24) is 4.90 Å². The van der Waals surface area contributed by atoms with E-state index in [9.17, 15) is 18.0 Å². The number of likely N-dealkylation sites (tertiary alicyclic amines) is 1. The molecule has 1 amide bonds. The first-order valence-electron chi connectivity index (χ1n) is 7.47. The standard InChI is InChI=1S/C16H21F3N2O/c1-11(13-2-4-14(5-3-13)16(17,18)19)21-8-6-12(7-9-21)10-15(20)22/h2-5,11-12H,6-10H2,1H3,(H2,20,22)/t11-/m0/s1. The zero-order chi connectivity index (χ0) is 16.3. The number of rotatable bonds is 4. The van der Waals surface area contributed by atoms with E-state index >= 15 is 0 Å². The summed E-state index contributed by atoms with van der Waals surface area (Å²) in [6.45, 7) is 3.66. The molecule has 0 unspecified atom stereocenters. The average molecular weight is 314 g/mol. The molecule has 3 nitrogen and oxygen atoms in total. The maximum atomic E-state index is 12.6. The van der Waals surface area contributed by atoms with Crippen molar-refractivity contribution < 1.29 is 18.0 Å². The molecule has 6 heteroatoms. The lowest BCUT2D eigenvalue weighted by molar-refractivity contribution is -0.137. The van der Waals surface area contributed by atoms with Crippen LogP contribution in [0.2, 0.25) is 0 Å². The minimum atomic E-state index is -4.30. The van der Waals surface area contributed by atoms with E-state index in [1.54, 1.807) is 12.1 Å². The van der Waals surface area contributed by atoms with Gasteiger partial charge in [-0.25, -0.2) is 0 Å². The first-order chi connectivity index (χ1) is 10.3. The summed E-state index contributed by atoms with van der Waals surface area (Å²) in [6.07, 6.45) is -2.08. The summed E-state index contributed by atoms with van der Waals surface area (Å²) < 4.78 is 37.7. The van der Waals surface area contributed by atoms with Crippen LogP contribution in [0, 0.1) is 5.92 Å². The number of carbonyl (C=O) groups is 1. The minimum Gasteiger partial charge on any atom is -0.370 e. The van der Waals surface area contributed by atoms with Gasteiger partial charge in [0.2, 0.25) is 5.91 Å². The van der Waals surface area contributed by atoms with Crippen molar-refractivity contribution in [3.63, 3.8) is 0 Å². The molecule has 1 heterocycles. The number of primary amides is 1. The van der Waals surface area contributed by atoms with E-state index in [1.165, 1.54) is 0 Å². The highest BCUT2D eigenvalue weighted by molar-refractivity contribution is 5.73. The van der Waals surface area contributed by atoms with Gasteiger partial charge in [-0.2, -0.15) is 13.2 Å². The van der Waals surface area contributed by atoms with Gasteiger partial charge in [0.25, 0.3) is 0 Å². The lowest BCUT2D eigenvalue weighted by Gasteiger charge is -2.36. The van der Waals surface area contributed by atoms with Crippen LogP contribution in [0.15, 0.2) is 24.3 Å². The number of benzene rings is 1. The molecule has 0 bridgehead atoms. The lowest BCUT2D eigenvalue weighted by atomic mass is 9.91. The van der Waals surface area contributed by atoms with Crippen molar-refractivity contribution in [1.29, 1.82) is 0 Å². The van der Waals surface area contributed by atoms with E-state index in [1.807, 2.05) is 6.92 Å². The van der Waals surface area contributed by atoms with Crippen LogP contribution in [0.4, 0.5) is 13.2 Å². The number of hydrogen-bond donors (Lipinski definition) is 1. The van der Waals surface area contributed by atoms with Gasteiger partial charge in [-0.15, -0.1) is 0 Å². The maximum absolute atomic E-state index is 12.6. The van der Waals surface area contributed by atoms with Crippen LogP contribution in [-0.2, 0) is 11.0 Å². The first kappa shape index (κ1) is 16.8. The normalized spacial score (nSPS) is 19.1. The molecule has 1 aromatic carbocycles. The molecule has 0 aromatic heterocycles. The number of nitrogens with two attached hydrogens (primary N) is 1. The Balaban J connectivity index is 1.95. The summed E-state index contributed by atoms with van der Waals surface area (Å²) >= 11 is 0. The van der Waals surface area contributed by atoms with E-state index < -0.39 is 11.7 Å². The average Bonchev–Trinajstić information content (AvgIpc) is 2.46. The van der Waals surface area contributed by atoms with Gasteiger partial charge in [-0.1, -0.05) is 12.1 Å². The number of halogens is 3. The van der Waals surface area contributed by atoms with Crippen molar-refractivity contribution in [2.75, 3.05) is 13.1 Å². The third-order valence-corrected chi connectivity index (χ3v) is 4.41. The van der Waals surface area contributed by atoms with Gasteiger partial charge >= 0.3 is 6.18 Å². The fourth-order valence-corrected chi connectivity index (χ4v) is 2.99. The van der Waals surface area contributed by atoms with Crippen LogP contribution >= 0.6 is 0 Å². The van der Waals surface area contributed by atoms with Crippen LogP contribution in [0.3, 0.4) is 0 Å². The SMILES string of the molecule is C[C@@H](c1ccc(C(F)(F)F)cc1)N1CCC(CC(N)=O)CC1. The molecule has 1 saturated heterocycles. The zero-order valence-electron chi connectivity index (χ0n) is 12.6. The minimum absolute atomic E-state index is 0.0665. The zero-order valence-corrected chi connectivity index (χ0v) is 12.6. The molecule has 2 N–H and O–H groups in total. The Labute approximate surface area is 128 Å². The number of hydrogen-bond acceptors (Lipinski definition) is 2. The third-order valence-electron chi connectivity index (χ3n) is 4.41. The fourth-order valence-electron chi connectivity index (χ4n) is 2.99. The Hall–Kier alpha value is -1.56. The molecule has 1 aliphatic rings. The lowest BCUT2D eigenvalue weighted by Crippen LogP contribution is -2.36. The second kappa shape index (κ2) is 6.69. The highest BCUT2D eigenvalue weighted by Crippen LogP contribution is 2.32. The van der Waals surface area contributed by atoms with Gasteiger partial charge in [-0.05, 0) is 56.5 Å². The largest absolute Gasteiger partial charge is 0.416 e. The summed E-state index contributed by atoms with van der Waals surface area (Å²) in [4.78, 5) is 13.2. The molecule has 22 heavy (non-hydrogen) atoms. The summed E-state index contributed by atoms with van der Waals surface area (Å²) in [5.41, 5.74) is 5.47. The van der Waals surface area contributed by atoms with E-state index in [0.29, 0.717) is 12.3 Å². The molecular formula is C16H21F3N2O. The number of carbonyl (C=O) groups excluding carboxylic acids is 1. The molecule has 122 valence electrons. The molecule has 2 rings (SSSR count). The van der Waals surface area contributed by atoms with E-state index in [2.05, 4.69) is 4.90 Å². The number of alkyl halides is 3. The third kappa shape index (κ3) is 4.22. The summed E-state index contributed by atoms with van der Waals surface area (Å²) in [7, 11) is 0. The molecule has 0 saturated carbocycles. The monoisotopic (exact) mass is 314 g/mol. The predicted molar refractivity (Wildman–Crippen MR) is 78.0 cm³/mol. The number of amides is 1. The Morgan fingerprint density at radius 1 is 1.27 bits per heavy atom. The van der Waals surface area contributed by atoms with Crippen LogP contribution in [0.5, 0.6) is 0 Å². The van der Waals surface area contributed by atoms with Gasteiger partial charge in [0.15, 0.2) is 0 Å². The summed E-state index contributed by atoms with van der Waals surface area (Å²) in [5.74, 6) is 0.0581. The molecule has 0 aliphatic carbocycles. The second-order valence-corrected chi connectivity index (χ2v) is 5.95. The van der Waals surface area contributed by atoms with E-state index in [4.69, 9.17) is 5.73 Å². The van der Waals surface area contributed by atoms with Crippen LogP contribution < -0.4 is 5.73 Å². The number of piperidine rings is 1. The highest BCUT2D eigenvalue weighted by Gasteiger charge is 2.30. The Morgan fingerprint density at radius 2 is 1.82 bits per heavy atom. The molecule has 1 atom stereocenters. The van der Waals surface area contributed by atoms with Gasteiger partial charge in [0.05, 0.1) is 5.56 Å². The Morgan fingerprint density at radius 3 is 2.27 bits per heavy atom. The molecule has 0 spiro atoms. The summed E-state index contributed by atoms with van der Waals surface area (Å²) in [6, 6.07) is 5.42.